The van der Waals surface area contributed by atoms with E-state index in [0.717, 1.165) is 17.6 Å². The van der Waals surface area contributed by atoms with Gasteiger partial charge >= 0.3 is 0 Å². The maximum absolute atomic E-state index is 5.86. The molecule has 0 aliphatic heterocycles. The van der Waals surface area contributed by atoms with E-state index in [4.69, 9.17) is 5.73 Å². The van der Waals surface area contributed by atoms with Gasteiger partial charge in [-0.05, 0) is 47.8 Å². The van der Waals surface area contributed by atoms with Crippen molar-refractivity contribution in [2.75, 3.05) is 0 Å². The third-order valence-corrected chi connectivity index (χ3v) is 3.22. The molecule has 1 heterocycles. The Hall–Kier alpha value is -0.870. The first-order chi connectivity index (χ1) is 7.63. The van der Waals surface area contributed by atoms with Gasteiger partial charge in [0.15, 0.2) is 0 Å². The average Bonchev–Trinajstić information content (AvgIpc) is 2.56. The number of fused-ring (bicyclic) bond motifs is 1. The van der Waals surface area contributed by atoms with Crippen LogP contribution in [0, 0.1) is 0 Å². The Bertz CT molecular complexity index is 502. The quantitative estimate of drug-likeness (QED) is 0.940. The third kappa shape index (κ3) is 1.99. The van der Waals surface area contributed by atoms with Gasteiger partial charge in [0.1, 0.15) is 4.60 Å². The second-order valence-electron chi connectivity index (χ2n) is 4.10. The molecule has 86 valence electrons. The summed E-state index contributed by atoms with van der Waals surface area (Å²) >= 11 is 3.53. The topological polar surface area (TPSA) is 43.8 Å². The van der Waals surface area contributed by atoms with Crippen LogP contribution in [-0.4, -0.2) is 15.8 Å². The van der Waals surface area contributed by atoms with Crippen molar-refractivity contribution in [1.29, 1.82) is 0 Å². The van der Waals surface area contributed by atoms with Crippen LogP contribution in [0.4, 0.5) is 0 Å². The van der Waals surface area contributed by atoms with Crippen LogP contribution in [0.1, 0.15) is 19.4 Å². The smallest absolute Gasteiger partial charge is 0.136 e. The monoisotopic (exact) mass is 281 g/mol. The summed E-state index contributed by atoms with van der Waals surface area (Å²) in [6.45, 7) is 5.00. The van der Waals surface area contributed by atoms with Crippen LogP contribution in [0.5, 0.6) is 0 Å². The zero-order valence-corrected chi connectivity index (χ0v) is 11.2. The van der Waals surface area contributed by atoms with Crippen molar-refractivity contribution >= 4 is 26.8 Å². The van der Waals surface area contributed by atoms with Gasteiger partial charge in [0.2, 0.25) is 0 Å². The zero-order valence-electron chi connectivity index (χ0n) is 9.57. The predicted molar refractivity (Wildman–Crippen MR) is 70.5 cm³/mol. The van der Waals surface area contributed by atoms with E-state index in [1.165, 1.54) is 16.5 Å². The van der Waals surface area contributed by atoms with E-state index >= 15 is 0 Å². The van der Waals surface area contributed by atoms with E-state index in [0.29, 0.717) is 0 Å². The Kier molecular flexibility index (Phi) is 3.30. The van der Waals surface area contributed by atoms with Crippen molar-refractivity contribution < 1.29 is 0 Å². The lowest BCUT2D eigenvalue weighted by Crippen LogP contribution is -2.17. The minimum Gasteiger partial charge on any atom is -0.328 e. The van der Waals surface area contributed by atoms with Crippen LogP contribution in [0.25, 0.3) is 10.9 Å². The van der Waals surface area contributed by atoms with Gasteiger partial charge < -0.3 is 5.73 Å². The molecular weight excluding hydrogens is 266 g/mol. The maximum atomic E-state index is 5.86. The molecule has 0 aliphatic rings. The molecule has 0 spiro atoms. The van der Waals surface area contributed by atoms with Crippen molar-refractivity contribution in [3.8, 4) is 0 Å². The number of benzene rings is 1. The summed E-state index contributed by atoms with van der Waals surface area (Å²) in [5.74, 6) is 0. The molecule has 0 fully saturated rings. The summed E-state index contributed by atoms with van der Waals surface area (Å²) < 4.78 is 2.92. The first-order valence-corrected chi connectivity index (χ1v) is 6.32. The van der Waals surface area contributed by atoms with Crippen molar-refractivity contribution in [2.24, 2.45) is 5.73 Å². The van der Waals surface area contributed by atoms with E-state index < -0.39 is 0 Å². The lowest BCUT2D eigenvalue weighted by atomic mass is 10.0. The summed E-state index contributed by atoms with van der Waals surface area (Å²) in [5, 5.41) is 5.66. The molecule has 0 saturated heterocycles. The number of rotatable bonds is 3. The molecule has 2 aromatic rings. The van der Waals surface area contributed by atoms with Crippen LogP contribution < -0.4 is 5.73 Å². The Labute approximate surface area is 104 Å². The van der Waals surface area contributed by atoms with Gasteiger partial charge in [0.05, 0.1) is 5.52 Å². The molecule has 0 aliphatic carbocycles. The minimum atomic E-state index is 0.169. The summed E-state index contributed by atoms with van der Waals surface area (Å²) in [7, 11) is 0. The van der Waals surface area contributed by atoms with Crippen molar-refractivity contribution in [1.82, 2.24) is 9.78 Å². The van der Waals surface area contributed by atoms with Gasteiger partial charge in [-0.15, -0.1) is 0 Å². The SMILES string of the molecule is CCn1nc(Br)c2c(CC(C)N)cccc21. The molecule has 0 saturated carbocycles. The van der Waals surface area contributed by atoms with Gasteiger partial charge in [0, 0.05) is 18.0 Å². The number of aromatic nitrogens is 2. The van der Waals surface area contributed by atoms with Gasteiger partial charge in [-0.25, -0.2) is 0 Å². The number of aryl methyl sites for hydroxylation is 1. The number of nitrogens with zero attached hydrogens (tertiary/aromatic N) is 2. The van der Waals surface area contributed by atoms with Crippen molar-refractivity contribution in [3.63, 3.8) is 0 Å². The lowest BCUT2D eigenvalue weighted by Gasteiger charge is -2.07. The highest BCUT2D eigenvalue weighted by atomic mass is 79.9. The van der Waals surface area contributed by atoms with Crippen LogP contribution in [0.2, 0.25) is 0 Å². The van der Waals surface area contributed by atoms with Gasteiger partial charge in [-0.3, -0.25) is 4.68 Å². The highest BCUT2D eigenvalue weighted by Gasteiger charge is 2.12. The number of nitrogens with two attached hydrogens (primary N) is 1. The van der Waals surface area contributed by atoms with Gasteiger partial charge in [-0.2, -0.15) is 5.10 Å². The molecule has 0 radical (unpaired) electrons. The molecule has 1 unspecified atom stereocenters. The zero-order chi connectivity index (χ0) is 11.7. The fourth-order valence-corrected chi connectivity index (χ4v) is 2.66. The standard InChI is InChI=1S/C12H16BrN3/c1-3-16-10-6-4-5-9(7-8(2)14)11(10)12(13)15-16/h4-6,8H,3,7,14H2,1-2H3. The van der Waals surface area contributed by atoms with Crippen LogP contribution in [0.15, 0.2) is 22.8 Å². The summed E-state index contributed by atoms with van der Waals surface area (Å²) in [5.41, 5.74) is 8.30. The Balaban J connectivity index is 2.62. The Morgan fingerprint density at radius 3 is 2.88 bits per heavy atom. The molecule has 16 heavy (non-hydrogen) atoms. The minimum absolute atomic E-state index is 0.169. The number of hydrogen-bond donors (Lipinski definition) is 1. The summed E-state index contributed by atoms with van der Waals surface area (Å²) in [6.07, 6.45) is 0.880. The molecule has 1 atom stereocenters. The number of halogens is 1. The predicted octanol–water partition coefficient (Wildman–Crippen LogP) is 2.71. The van der Waals surface area contributed by atoms with Crippen LogP contribution in [0.3, 0.4) is 0 Å². The first-order valence-electron chi connectivity index (χ1n) is 5.53. The van der Waals surface area contributed by atoms with E-state index in [-0.39, 0.29) is 6.04 Å². The van der Waals surface area contributed by atoms with Crippen LogP contribution >= 0.6 is 15.9 Å². The fraction of sp³-hybridized carbons (Fsp3) is 0.417. The summed E-state index contributed by atoms with van der Waals surface area (Å²) in [6, 6.07) is 6.46. The second-order valence-corrected chi connectivity index (χ2v) is 4.85. The largest absolute Gasteiger partial charge is 0.328 e. The Morgan fingerprint density at radius 2 is 2.25 bits per heavy atom. The van der Waals surface area contributed by atoms with Gasteiger partial charge in [0.25, 0.3) is 0 Å². The molecule has 1 aromatic carbocycles. The van der Waals surface area contributed by atoms with E-state index in [9.17, 15) is 0 Å². The molecule has 0 bridgehead atoms. The second kappa shape index (κ2) is 4.55. The first kappa shape index (κ1) is 11.6. The highest BCUT2D eigenvalue weighted by molar-refractivity contribution is 9.10. The molecular formula is C12H16BrN3. The molecule has 1 aromatic heterocycles. The molecule has 2 N–H and O–H groups in total. The molecule has 2 rings (SSSR count). The van der Waals surface area contributed by atoms with E-state index in [1.807, 2.05) is 11.6 Å². The number of hydrogen-bond acceptors (Lipinski definition) is 2. The molecule has 3 nitrogen and oxygen atoms in total. The van der Waals surface area contributed by atoms with E-state index in [1.54, 1.807) is 0 Å². The maximum Gasteiger partial charge on any atom is 0.136 e. The highest BCUT2D eigenvalue weighted by Crippen LogP contribution is 2.27. The van der Waals surface area contributed by atoms with Crippen molar-refractivity contribution in [2.45, 2.75) is 32.9 Å². The molecule has 0 amide bonds. The summed E-state index contributed by atoms with van der Waals surface area (Å²) in [4.78, 5) is 0. The third-order valence-electron chi connectivity index (χ3n) is 2.66. The average molecular weight is 282 g/mol. The van der Waals surface area contributed by atoms with E-state index in [2.05, 4.69) is 46.2 Å². The van der Waals surface area contributed by atoms with Gasteiger partial charge in [-0.1, -0.05) is 12.1 Å². The normalized spacial score (nSPS) is 13.2. The fourth-order valence-electron chi connectivity index (χ4n) is 2.01. The van der Waals surface area contributed by atoms with Crippen molar-refractivity contribution in [3.05, 3.63) is 28.4 Å². The Morgan fingerprint density at radius 1 is 1.50 bits per heavy atom. The lowest BCUT2D eigenvalue weighted by molar-refractivity contribution is 0.678. The molecule has 4 heteroatoms. The van der Waals surface area contributed by atoms with Crippen LogP contribution in [-0.2, 0) is 13.0 Å².